The largest absolute Gasteiger partial charge is 0.465 e. The molecule has 1 aliphatic rings. The Balaban J connectivity index is 2.06. The monoisotopic (exact) mass is 290 g/mol. The Labute approximate surface area is 125 Å². The number of fused-ring (bicyclic) bond motifs is 1. The maximum atomic E-state index is 11.8. The van der Waals surface area contributed by atoms with E-state index in [0.29, 0.717) is 19.6 Å². The highest BCUT2D eigenvalue weighted by Gasteiger charge is 2.21. The minimum absolute atomic E-state index is 0.169. The molecule has 0 fully saturated rings. The zero-order valence-electron chi connectivity index (χ0n) is 12.6. The molecule has 0 saturated carbocycles. The predicted octanol–water partition coefficient (Wildman–Crippen LogP) is 1.96. The highest BCUT2D eigenvalue weighted by atomic mass is 16.5. The first-order chi connectivity index (χ1) is 10.2. The Morgan fingerprint density at radius 1 is 1.33 bits per heavy atom. The summed E-state index contributed by atoms with van der Waals surface area (Å²) in [4.78, 5) is 25.1. The van der Waals surface area contributed by atoms with Crippen LogP contribution in [0.5, 0.6) is 0 Å². The van der Waals surface area contributed by atoms with Gasteiger partial charge in [0, 0.05) is 25.2 Å². The third kappa shape index (κ3) is 3.74. The van der Waals surface area contributed by atoms with Crippen LogP contribution in [-0.2, 0) is 27.3 Å². The molecule has 0 radical (unpaired) electrons. The van der Waals surface area contributed by atoms with E-state index in [0.717, 1.165) is 24.2 Å². The third-order valence-corrected chi connectivity index (χ3v) is 3.65. The van der Waals surface area contributed by atoms with Crippen LogP contribution in [0.3, 0.4) is 0 Å². The number of anilines is 1. The minimum atomic E-state index is -0.256. The van der Waals surface area contributed by atoms with Crippen molar-refractivity contribution < 1.29 is 14.3 Å². The van der Waals surface area contributed by atoms with Gasteiger partial charge in [0.15, 0.2) is 0 Å². The quantitative estimate of drug-likeness (QED) is 0.842. The maximum absolute atomic E-state index is 11.8. The van der Waals surface area contributed by atoms with Gasteiger partial charge in [0.2, 0.25) is 5.91 Å². The highest BCUT2D eigenvalue weighted by molar-refractivity contribution is 5.77. The van der Waals surface area contributed by atoms with Crippen LogP contribution in [0.25, 0.3) is 0 Å². The van der Waals surface area contributed by atoms with Crippen LogP contribution in [0.1, 0.15) is 31.4 Å². The van der Waals surface area contributed by atoms with Gasteiger partial charge in [-0.2, -0.15) is 0 Å². The molecule has 1 aromatic rings. The zero-order chi connectivity index (χ0) is 15.2. The number of esters is 1. The Kier molecular flexibility index (Phi) is 5.20. The molecule has 0 atom stereocenters. The summed E-state index contributed by atoms with van der Waals surface area (Å²) in [7, 11) is 0. The minimum Gasteiger partial charge on any atom is -0.465 e. The number of rotatable bonds is 5. The van der Waals surface area contributed by atoms with Gasteiger partial charge < -0.3 is 15.0 Å². The second kappa shape index (κ2) is 7.11. The molecule has 21 heavy (non-hydrogen) atoms. The van der Waals surface area contributed by atoms with E-state index in [1.165, 1.54) is 5.56 Å². The van der Waals surface area contributed by atoms with Gasteiger partial charge in [0.1, 0.15) is 6.54 Å². The smallest absolute Gasteiger partial charge is 0.325 e. The molecular weight excluding hydrogens is 268 g/mol. The van der Waals surface area contributed by atoms with Crippen LogP contribution in [0, 0.1) is 0 Å². The molecule has 0 aliphatic carbocycles. The normalized spacial score (nSPS) is 13.5. The summed E-state index contributed by atoms with van der Waals surface area (Å²) in [6, 6.07) is 5.96. The molecule has 1 aromatic carbocycles. The molecular formula is C16H22N2O3. The fourth-order valence-corrected chi connectivity index (χ4v) is 2.59. The second-order valence-corrected chi connectivity index (χ2v) is 5.02. The van der Waals surface area contributed by atoms with E-state index in [4.69, 9.17) is 4.74 Å². The average Bonchev–Trinajstić information content (AvgIpc) is 2.51. The number of hydrogen-bond donors (Lipinski definition) is 1. The molecule has 1 N–H and O–H groups in total. The lowest BCUT2D eigenvalue weighted by atomic mass is 9.97. The molecule has 2 rings (SSSR count). The Morgan fingerprint density at radius 2 is 2.14 bits per heavy atom. The predicted molar refractivity (Wildman–Crippen MR) is 81.0 cm³/mol. The summed E-state index contributed by atoms with van der Waals surface area (Å²) in [5.41, 5.74) is 3.31. The van der Waals surface area contributed by atoms with Crippen molar-refractivity contribution in [2.24, 2.45) is 0 Å². The van der Waals surface area contributed by atoms with Gasteiger partial charge in [-0.3, -0.25) is 9.59 Å². The number of hydrogen-bond acceptors (Lipinski definition) is 4. The van der Waals surface area contributed by atoms with E-state index >= 15 is 0 Å². The summed E-state index contributed by atoms with van der Waals surface area (Å²) in [5, 5.41) is 3.14. The van der Waals surface area contributed by atoms with Gasteiger partial charge in [0.25, 0.3) is 0 Å². The molecule has 0 spiro atoms. The van der Waals surface area contributed by atoms with Crippen molar-refractivity contribution >= 4 is 17.6 Å². The number of nitrogens with one attached hydrogen (secondary N) is 1. The van der Waals surface area contributed by atoms with Crippen molar-refractivity contribution in [3.63, 3.8) is 0 Å². The number of benzene rings is 1. The van der Waals surface area contributed by atoms with E-state index in [-0.39, 0.29) is 18.4 Å². The van der Waals surface area contributed by atoms with E-state index < -0.39 is 0 Å². The van der Waals surface area contributed by atoms with Gasteiger partial charge in [0.05, 0.1) is 6.61 Å². The summed E-state index contributed by atoms with van der Waals surface area (Å²) >= 11 is 0. The highest BCUT2D eigenvalue weighted by Crippen LogP contribution is 2.26. The molecule has 1 amide bonds. The third-order valence-electron chi connectivity index (χ3n) is 3.65. The molecule has 114 valence electrons. The fourth-order valence-electron chi connectivity index (χ4n) is 2.59. The lowest BCUT2D eigenvalue weighted by molar-refractivity contribution is -0.141. The first-order valence-electron chi connectivity index (χ1n) is 7.43. The van der Waals surface area contributed by atoms with Crippen molar-refractivity contribution in [2.45, 2.75) is 33.2 Å². The van der Waals surface area contributed by atoms with Gasteiger partial charge >= 0.3 is 5.97 Å². The van der Waals surface area contributed by atoms with Gasteiger partial charge in [-0.15, -0.1) is 0 Å². The number of nitrogens with zero attached hydrogens (tertiary/aromatic N) is 1. The van der Waals surface area contributed by atoms with Crippen molar-refractivity contribution in [2.75, 3.05) is 25.0 Å². The van der Waals surface area contributed by atoms with Crippen LogP contribution in [0.2, 0.25) is 0 Å². The fraction of sp³-hybridized carbons (Fsp3) is 0.500. The lowest BCUT2D eigenvalue weighted by Crippen LogP contribution is -2.35. The molecule has 0 bridgehead atoms. The molecule has 5 heteroatoms. The Morgan fingerprint density at radius 3 is 2.86 bits per heavy atom. The zero-order valence-corrected chi connectivity index (χ0v) is 12.6. The summed E-state index contributed by atoms with van der Waals surface area (Å²) < 4.78 is 4.92. The molecule has 1 heterocycles. The first kappa shape index (κ1) is 15.4. The van der Waals surface area contributed by atoms with E-state index in [1.807, 2.05) is 30.0 Å². The molecule has 5 nitrogen and oxygen atoms in total. The maximum Gasteiger partial charge on any atom is 0.325 e. The van der Waals surface area contributed by atoms with Gasteiger partial charge in [-0.05, 0) is 30.5 Å². The van der Waals surface area contributed by atoms with Crippen molar-refractivity contribution in [3.8, 4) is 0 Å². The van der Waals surface area contributed by atoms with Crippen molar-refractivity contribution in [1.29, 1.82) is 0 Å². The average molecular weight is 290 g/mol. The number of carbonyl (C=O) groups is 2. The molecule has 0 unspecified atom stereocenters. The van der Waals surface area contributed by atoms with Crippen molar-refractivity contribution in [1.82, 2.24) is 4.90 Å². The summed E-state index contributed by atoms with van der Waals surface area (Å²) in [5.74, 6) is -0.0702. The number of carbonyl (C=O) groups excluding carboxylic acids is 2. The Hall–Kier alpha value is -2.04. The second-order valence-electron chi connectivity index (χ2n) is 5.02. The van der Waals surface area contributed by atoms with E-state index in [9.17, 15) is 9.59 Å². The standard InChI is InChI=1S/C16H22N2O3/c1-3-15(19)18-9-8-13-12(11-18)6-5-7-14(13)17-10-16(20)21-4-2/h5-7,17H,3-4,8-11H2,1-2H3. The summed E-state index contributed by atoms with van der Waals surface area (Å²) in [6.07, 6.45) is 1.35. The van der Waals surface area contributed by atoms with Crippen LogP contribution in [0.4, 0.5) is 5.69 Å². The van der Waals surface area contributed by atoms with Crippen LogP contribution in [-0.4, -0.2) is 36.5 Å². The first-order valence-corrected chi connectivity index (χ1v) is 7.43. The molecule has 1 aliphatic heterocycles. The van der Waals surface area contributed by atoms with Gasteiger partial charge in [-0.25, -0.2) is 0 Å². The molecule has 0 saturated heterocycles. The number of amides is 1. The topological polar surface area (TPSA) is 58.6 Å². The van der Waals surface area contributed by atoms with Crippen molar-refractivity contribution in [3.05, 3.63) is 29.3 Å². The van der Waals surface area contributed by atoms with E-state index in [1.54, 1.807) is 6.92 Å². The lowest BCUT2D eigenvalue weighted by Gasteiger charge is -2.30. The SMILES string of the molecule is CCOC(=O)CNc1cccc2c1CCN(C(=O)CC)C2. The van der Waals surface area contributed by atoms with Crippen LogP contribution >= 0.6 is 0 Å². The summed E-state index contributed by atoms with van der Waals surface area (Å²) in [6.45, 7) is 5.62. The Bertz CT molecular complexity index is 528. The molecule has 0 aromatic heterocycles. The van der Waals surface area contributed by atoms with E-state index in [2.05, 4.69) is 5.32 Å². The van der Waals surface area contributed by atoms with Crippen LogP contribution < -0.4 is 5.32 Å². The number of ether oxygens (including phenoxy) is 1. The van der Waals surface area contributed by atoms with Crippen LogP contribution in [0.15, 0.2) is 18.2 Å². The van der Waals surface area contributed by atoms with Gasteiger partial charge in [-0.1, -0.05) is 19.1 Å².